The van der Waals surface area contributed by atoms with Crippen LogP contribution in [0.5, 0.6) is 0 Å². The number of benzene rings is 1. The van der Waals surface area contributed by atoms with E-state index in [1.807, 2.05) is 36.2 Å². The molecular weight excluding hydrogens is 418 g/mol. The summed E-state index contributed by atoms with van der Waals surface area (Å²) in [6, 6.07) is 3.79. The fraction of sp³-hybridized carbons (Fsp3) is 0.333. The van der Waals surface area contributed by atoms with Gasteiger partial charge in [-0.3, -0.25) is 9.89 Å². The molecule has 1 aliphatic heterocycles. The highest BCUT2D eigenvalue weighted by Crippen LogP contribution is 2.32. The first-order valence-corrected chi connectivity index (χ1v) is 10.5. The number of allylic oxidation sites excluding steroid dienone is 3. The van der Waals surface area contributed by atoms with Gasteiger partial charge in [-0.1, -0.05) is 23.8 Å². The van der Waals surface area contributed by atoms with Crippen LogP contribution in [0.1, 0.15) is 18.7 Å². The smallest absolute Gasteiger partial charge is 0.249 e. The van der Waals surface area contributed by atoms with Crippen LogP contribution in [0.15, 0.2) is 36.1 Å². The quantitative estimate of drug-likeness (QED) is 0.648. The Morgan fingerprint density at radius 2 is 2.06 bits per heavy atom. The van der Waals surface area contributed by atoms with Crippen LogP contribution in [0.3, 0.4) is 0 Å². The van der Waals surface area contributed by atoms with Crippen LogP contribution in [0.2, 0.25) is 5.02 Å². The highest BCUT2D eigenvalue weighted by molar-refractivity contribution is 6.38. The number of anilines is 2. The summed E-state index contributed by atoms with van der Waals surface area (Å²) in [6.07, 6.45) is 6.92. The van der Waals surface area contributed by atoms with Crippen LogP contribution < -0.4 is 5.32 Å². The van der Waals surface area contributed by atoms with E-state index in [1.54, 1.807) is 10.9 Å². The van der Waals surface area contributed by atoms with Gasteiger partial charge in [0.25, 0.3) is 0 Å². The Labute approximate surface area is 183 Å². The first-order valence-electron chi connectivity index (χ1n) is 10.2. The molecule has 2 aliphatic rings. The van der Waals surface area contributed by atoms with Gasteiger partial charge >= 0.3 is 0 Å². The number of H-pyrrole nitrogens is 1. The second-order valence-electron chi connectivity index (χ2n) is 7.55. The van der Waals surface area contributed by atoms with Crippen LogP contribution in [0, 0.1) is 0 Å². The van der Waals surface area contributed by atoms with Crippen molar-refractivity contribution < 1.29 is 9.53 Å². The SMILES string of the molecule is Cn1nc(C2=CC=C(C(=O)N3CCOCC3)CC2)nc1Nc1ccc2[nH]ncc2c1Cl. The molecule has 5 rings (SSSR count). The van der Waals surface area contributed by atoms with E-state index in [0.717, 1.165) is 27.7 Å². The van der Waals surface area contributed by atoms with E-state index in [0.29, 0.717) is 55.9 Å². The third-order valence-electron chi connectivity index (χ3n) is 5.58. The molecule has 1 saturated heterocycles. The molecule has 2 aromatic heterocycles. The molecule has 0 spiro atoms. The third kappa shape index (κ3) is 3.82. The molecule has 0 atom stereocenters. The number of nitrogens with zero attached hydrogens (tertiary/aromatic N) is 5. The van der Waals surface area contributed by atoms with E-state index in [2.05, 4.69) is 25.6 Å². The number of carbonyl (C=O) groups excluding carboxylic acids is 1. The topological polar surface area (TPSA) is 101 Å². The zero-order chi connectivity index (χ0) is 21.4. The first kappa shape index (κ1) is 19.8. The molecule has 10 heteroatoms. The van der Waals surface area contributed by atoms with Crippen LogP contribution >= 0.6 is 11.6 Å². The summed E-state index contributed by atoms with van der Waals surface area (Å²) in [5, 5.41) is 16.1. The van der Waals surface area contributed by atoms with Crippen molar-refractivity contribution in [3.8, 4) is 0 Å². The summed E-state index contributed by atoms with van der Waals surface area (Å²) in [5.74, 6) is 1.32. The van der Waals surface area contributed by atoms with Gasteiger partial charge in [-0.05, 0) is 30.5 Å². The maximum Gasteiger partial charge on any atom is 0.249 e. The number of hydrogen-bond acceptors (Lipinski definition) is 6. The van der Waals surface area contributed by atoms with Crippen LogP contribution in [-0.4, -0.2) is 62.1 Å². The Hall–Kier alpha value is -3.17. The van der Waals surface area contributed by atoms with E-state index in [-0.39, 0.29) is 5.91 Å². The monoisotopic (exact) mass is 439 g/mol. The van der Waals surface area contributed by atoms with Crippen molar-refractivity contribution in [3.05, 3.63) is 46.9 Å². The number of aromatic amines is 1. The molecule has 3 heterocycles. The molecule has 1 fully saturated rings. The second kappa shape index (κ2) is 8.16. The Bertz CT molecular complexity index is 1200. The molecule has 1 aromatic carbocycles. The standard InChI is InChI=1S/C21H22ClN7O2/c1-28-21(24-17-7-6-16-15(18(17)22)12-23-26-16)25-19(27-28)13-2-4-14(5-3-13)20(30)29-8-10-31-11-9-29/h2,4,6-7,12H,3,5,8-11H2,1H3,(H,23,26)(H,24,25,27). The van der Waals surface area contributed by atoms with Gasteiger partial charge in [0.2, 0.25) is 11.9 Å². The normalized spacial score (nSPS) is 16.9. The van der Waals surface area contributed by atoms with E-state index in [1.165, 1.54) is 0 Å². The molecule has 0 bridgehead atoms. The summed E-state index contributed by atoms with van der Waals surface area (Å²) >= 11 is 6.51. The van der Waals surface area contributed by atoms with Gasteiger partial charge in [0.1, 0.15) is 0 Å². The first-order chi connectivity index (χ1) is 15.1. The summed E-state index contributed by atoms with van der Waals surface area (Å²) in [4.78, 5) is 19.2. The molecule has 9 nitrogen and oxygen atoms in total. The fourth-order valence-electron chi connectivity index (χ4n) is 3.80. The largest absolute Gasteiger partial charge is 0.378 e. The maximum atomic E-state index is 12.7. The van der Waals surface area contributed by atoms with Crippen molar-refractivity contribution in [1.29, 1.82) is 0 Å². The van der Waals surface area contributed by atoms with Gasteiger partial charge in [0.15, 0.2) is 5.82 Å². The lowest BCUT2D eigenvalue weighted by Gasteiger charge is -2.28. The van der Waals surface area contributed by atoms with E-state index < -0.39 is 0 Å². The highest BCUT2D eigenvalue weighted by atomic mass is 35.5. The summed E-state index contributed by atoms with van der Waals surface area (Å²) < 4.78 is 7.01. The van der Waals surface area contributed by atoms with Crippen molar-refractivity contribution in [2.75, 3.05) is 31.6 Å². The molecule has 0 radical (unpaired) electrons. The number of hydrogen-bond donors (Lipinski definition) is 2. The number of rotatable bonds is 4. The third-order valence-corrected chi connectivity index (χ3v) is 5.98. The predicted octanol–water partition coefficient (Wildman–Crippen LogP) is 3.05. The Morgan fingerprint density at radius 1 is 1.23 bits per heavy atom. The summed E-state index contributed by atoms with van der Waals surface area (Å²) in [6.45, 7) is 2.50. The molecule has 0 saturated carbocycles. The number of halogens is 1. The van der Waals surface area contributed by atoms with E-state index >= 15 is 0 Å². The van der Waals surface area contributed by atoms with Gasteiger partial charge in [-0.25, -0.2) is 4.68 Å². The van der Waals surface area contributed by atoms with Gasteiger partial charge in [0, 0.05) is 31.1 Å². The van der Waals surface area contributed by atoms with Crippen molar-refractivity contribution in [1.82, 2.24) is 29.9 Å². The zero-order valence-corrected chi connectivity index (χ0v) is 17.8. The minimum atomic E-state index is 0.0965. The van der Waals surface area contributed by atoms with Gasteiger partial charge in [-0.15, -0.1) is 5.10 Å². The minimum Gasteiger partial charge on any atom is -0.378 e. The van der Waals surface area contributed by atoms with Crippen molar-refractivity contribution in [2.24, 2.45) is 7.05 Å². The Morgan fingerprint density at radius 3 is 2.84 bits per heavy atom. The van der Waals surface area contributed by atoms with Crippen molar-refractivity contribution >= 4 is 45.6 Å². The lowest BCUT2D eigenvalue weighted by atomic mass is 9.97. The van der Waals surface area contributed by atoms with Gasteiger partial charge < -0.3 is 15.0 Å². The Balaban J connectivity index is 1.34. The number of nitrogens with one attached hydrogen (secondary N) is 2. The molecule has 1 aliphatic carbocycles. The molecule has 1 amide bonds. The number of morpholine rings is 1. The number of amides is 1. The Kier molecular flexibility index (Phi) is 5.21. The summed E-state index contributed by atoms with van der Waals surface area (Å²) in [7, 11) is 1.83. The van der Waals surface area contributed by atoms with Crippen LogP contribution in [0.4, 0.5) is 11.6 Å². The molecule has 0 unspecified atom stereocenters. The molecule has 160 valence electrons. The fourth-order valence-corrected chi connectivity index (χ4v) is 4.06. The lowest BCUT2D eigenvalue weighted by molar-refractivity contribution is -0.131. The van der Waals surface area contributed by atoms with Crippen molar-refractivity contribution in [3.63, 3.8) is 0 Å². The molecular formula is C21H22ClN7O2. The maximum absolute atomic E-state index is 12.7. The highest BCUT2D eigenvalue weighted by Gasteiger charge is 2.23. The van der Waals surface area contributed by atoms with E-state index in [9.17, 15) is 4.79 Å². The molecule has 31 heavy (non-hydrogen) atoms. The van der Waals surface area contributed by atoms with E-state index in [4.69, 9.17) is 16.3 Å². The number of carbonyl (C=O) groups is 1. The second-order valence-corrected chi connectivity index (χ2v) is 7.93. The number of fused-ring (bicyclic) bond motifs is 1. The van der Waals surface area contributed by atoms with Crippen LogP contribution in [-0.2, 0) is 16.6 Å². The van der Waals surface area contributed by atoms with Crippen LogP contribution in [0.25, 0.3) is 16.5 Å². The zero-order valence-electron chi connectivity index (χ0n) is 17.1. The number of ether oxygens (including phenoxy) is 1. The van der Waals surface area contributed by atoms with Gasteiger partial charge in [0.05, 0.1) is 35.6 Å². The minimum absolute atomic E-state index is 0.0965. The lowest BCUT2D eigenvalue weighted by Crippen LogP contribution is -2.41. The average Bonchev–Trinajstić information content (AvgIpc) is 3.43. The average molecular weight is 440 g/mol. The number of aromatic nitrogens is 5. The molecule has 3 aromatic rings. The van der Waals surface area contributed by atoms with Crippen molar-refractivity contribution in [2.45, 2.75) is 12.8 Å². The number of aryl methyl sites for hydroxylation is 1. The molecule has 2 N–H and O–H groups in total. The van der Waals surface area contributed by atoms with Gasteiger partial charge in [-0.2, -0.15) is 10.1 Å². The predicted molar refractivity (Wildman–Crippen MR) is 118 cm³/mol. The summed E-state index contributed by atoms with van der Waals surface area (Å²) in [5.41, 5.74) is 3.42.